The quantitative estimate of drug-likeness (QED) is 0.846. The minimum absolute atomic E-state index is 0.000755. The summed E-state index contributed by atoms with van der Waals surface area (Å²) in [6, 6.07) is 0.318. The summed E-state index contributed by atoms with van der Waals surface area (Å²) < 4.78 is 1.41. The fourth-order valence-corrected chi connectivity index (χ4v) is 4.08. The third-order valence-corrected chi connectivity index (χ3v) is 4.90. The van der Waals surface area contributed by atoms with Crippen LogP contribution in [-0.2, 0) is 0 Å². The van der Waals surface area contributed by atoms with Gasteiger partial charge in [0.1, 0.15) is 5.15 Å². The maximum atomic E-state index is 12.7. The molecule has 2 saturated heterocycles. The monoisotopic (exact) mass is 297 g/mol. The number of halogens is 1. The number of nitrogens with one attached hydrogen (secondary N) is 1. The molecule has 0 aromatic carbocycles. The van der Waals surface area contributed by atoms with E-state index in [4.69, 9.17) is 11.6 Å². The van der Waals surface area contributed by atoms with Gasteiger partial charge in [0, 0.05) is 12.6 Å². The summed E-state index contributed by atoms with van der Waals surface area (Å²) in [7, 11) is 0. The van der Waals surface area contributed by atoms with E-state index < -0.39 is 0 Å². The van der Waals surface area contributed by atoms with E-state index in [0.717, 1.165) is 32.4 Å². The molecule has 2 fully saturated rings. The van der Waals surface area contributed by atoms with Crippen LogP contribution in [0.5, 0.6) is 0 Å². The van der Waals surface area contributed by atoms with Gasteiger partial charge in [0.05, 0.1) is 11.6 Å². The van der Waals surface area contributed by atoms with Crippen LogP contribution in [0.2, 0.25) is 5.15 Å². The highest BCUT2D eigenvalue weighted by Crippen LogP contribution is 2.34. The molecule has 0 amide bonds. The van der Waals surface area contributed by atoms with Gasteiger partial charge >= 0.3 is 5.69 Å². The van der Waals surface area contributed by atoms with E-state index in [0.29, 0.717) is 11.6 Å². The van der Waals surface area contributed by atoms with Crippen molar-refractivity contribution in [3.63, 3.8) is 0 Å². The van der Waals surface area contributed by atoms with Crippen LogP contribution in [0.4, 0.5) is 0 Å². The summed E-state index contributed by atoms with van der Waals surface area (Å²) in [4.78, 5) is 29.9. The van der Waals surface area contributed by atoms with E-state index in [9.17, 15) is 9.59 Å². The fourth-order valence-electron chi connectivity index (χ4n) is 3.70. The third-order valence-electron chi connectivity index (χ3n) is 4.60. The Balaban J connectivity index is 2.12. The number of aromatic amines is 1. The van der Waals surface area contributed by atoms with Crippen molar-refractivity contribution in [3.8, 4) is 0 Å². The molecule has 0 spiro atoms. The number of hydrogen-bond acceptors (Lipinski definition) is 3. The van der Waals surface area contributed by atoms with Crippen LogP contribution >= 0.6 is 11.6 Å². The maximum Gasteiger partial charge on any atom is 0.329 e. The molecule has 20 heavy (non-hydrogen) atoms. The maximum absolute atomic E-state index is 12.7. The van der Waals surface area contributed by atoms with Crippen LogP contribution in [0.15, 0.2) is 9.59 Å². The van der Waals surface area contributed by atoms with Crippen molar-refractivity contribution < 1.29 is 0 Å². The third kappa shape index (κ3) is 2.04. The van der Waals surface area contributed by atoms with E-state index in [2.05, 4.69) is 9.88 Å². The Hall–Kier alpha value is -1.07. The van der Waals surface area contributed by atoms with Crippen molar-refractivity contribution in [2.75, 3.05) is 13.1 Å². The lowest BCUT2D eigenvalue weighted by Crippen LogP contribution is -2.43. The Bertz CT molecular complexity index is 634. The first-order valence-corrected chi connectivity index (χ1v) is 7.66. The summed E-state index contributed by atoms with van der Waals surface area (Å²) in [6.45, 7) is 5.89. The first-order valence-electron chi connectivity index (χ1n) is 7.29. The molecule has 2 unspecified atom stereocenters. The Labute approximate surface area is 122 Å². The average molecular weight is 298 g/mol. The van der Waals surface area contributed by atoms with Crippen LogP contribution < -0.4 is 11.2 Å². The Kier molecular flexibility index (Phi) is 3.50. The molecule has 3 rings (SSSR count). The van der Waals surface area contributed by atoms with Crippen LogP contribution in [0.1, 0.15) is 50.6 Å². The molecule has 0 aliphatic carbocycles. The summed E-state index contributed by atoms with van der Waals surface area (Å²) in [5.41, 5.74) is -0.0710. The zero-order chi connectivity index (χ0) is 14.4. The molecule has 2 aliphatic heterocycles. The van der Waals surface area contributed by atoms with E-state index >= 15 is 0 Å². The van der Waals surface area contributed by atoms with Gasteiger partial charge in [-0.15, -0.1) is 0 Å². The lowest BCUT2D eigenvalue weighted by molar-refractivity contribution is 0.284. The minimum Gasteiger partial charge on any atom is -0.298 e. The predicted molar refractivity (Wildman–Crippen MR) is 78.7 cm³/mol. The van der Waals surface area contributed by atoms with Gasteiger partial charge < -0.3 is 0 Å². The summed E-state index contributed by atoms with van der Waals surface area (Å²) in [5.74, 6) is -0.000755. The van der Waals surface area contributed by atoms with E-state index in [-0.39, 0.29) is 28.4 Å². The summed E-state index contributed by atoms with van der Waals surface area (Å²) in [5, 5.41) is 0.188. The second-order valence-electron chi connectivity index (χ2n) is 6.09. The number of aromatic nitrogens is 2. The van der Waals surface area contributed by atoms with Gasteiger partial charge in [-0.25, -0.2) is 4.79 Å². The molecular weight excluding hydrogens is 278 g/mol. The van der Waals surface area contributed by atoms with Gasteiger partial charge in [-0.3, -0.25) is 19.2 Å². The second-order valence-corrected chi connectivity index (χ2v) is 6.47. The van der Waals surface area contributed by atoms with Gasteiger partial charge in [-0.2, -0.15) is 0 Å². The van der Waals surface area contributed by atoms with Gasteiger partial charge in [0.25, 0.3) is 5.56 Å². The standard InChI is InChI=1S/C14H20ClN3O2/c1-8(2)11-12(15)16-14(20)18(13(11)19)10-5-7-17-6-3-4-9(10)17/h8-10H,3-7H2,1-2H3,(H,16,20). The van der Waals surface area contributed by atoms with E-state index in [1.807, 2.05) is 13.8 Å². The van der Waals surface area contributed by atoms with Crippen molar-refractivity contribution in [2.45, 2.75) is 51.1 Å². The number of H-pyrrole nitrogens is 1. The second kappa shape index (κ2) is 5.04. The number of hydrogen-bond donors (Lipinski definition) is 1. The Morgan fingerprint density at radius 1 is 1.20 bits per heavy atom. The van der Waals surface area contributed by atoms with Crippen LogP contribution in [0, 0.1) is 0 Å². The molecule has 5 nitrogen and oxygen atoms in total. The summed E-state index contributed by atoms with van der Waals surface area (Å²) >= 11 is 6.04. The fraction of sp³-hybridized carbons (Fsp3) is 0.714. The topological polar surface area (TPSA) is 58.1 Å². The first-order chi connectivity index (χ1) is 9.50. The minimum atomic E-state index is -0.372. The van der Waals surface area contributed by atoms with E-state index in [1.165, 1.54) is 4.57 Å². The van der Waals surface area contributed by atoms with Crippen molar-refractivity contribution in [3.05, 3.63) is 31.6 Å². The molecule has 0 saturated carbocycles. The van der Waals surface area contributed by atoms with Crippen LogP contribution in [-0.4, -0.2) is 33.6 Å². The molecule has 6 heteroatoms. The highest BCUT2D eigenvalue weighted by atomic mass is 35.5. The zero-order valence-corrected chi connectivity index (χ0v) is 12.6. The van der Waals surface area contributed by atoms with Crippen LogP contribution in [0.3, 0.4) is 0 Å². The molecule has 0 radical (unpaired) electrons. The van der Waals surface area contributed by atoms with Gasteiger partial charge in [0.15, 0.2) is 0 Å². The molecule has 2 atom stereocenters. The molecular formula is C14H20ClN3O2. The molecule has 110 valence electrons. The Morgan fingerprint density at radius 2 is 1.95 bits per heavy atom. The van der Waals surface area contributed by atoms with Crippen molar-refractivity contribution in [2.24, 2.45) is 0 Å². The molecule has 1 aromatic rings. The first kappa shape index (κ1) is 13.9. The number of fused-ring (bicyclic) bond motifs is 1. The Morgan fingerprint density at radius 3 is 2.65 bits per heavy atom. The smallest absolute Gasteiger partial charge is 0.298 e. The normalized spacial score (nSPS) is 26.4. The molecule has 2 aliphatic rings. The lowest BCUT2D eigenvalue weighted by Gasteiger charge is -2.22. The molecule has 3 heterocycles. The largest absolute Gasteiger partial charge is 0.329 e. The van der Waals surface area contributed by atoms with Crippen molar-refractivity contribution in [1.29, 1.82) is 0 Å². The average Bonchev–Trinajstić information content (AvgIpc) is 2.91. The van der Waals surface area contributed by atoms with Gasteiger partial charge in [-0.05, 0) is 31.7 Å². The highest BCUT2D eigenvalue weighted by Gasteiger charge is 2.39. The van der Waals surface area contributed by atoms with Gasteiger partial charge in [0.2, 0.25) is 0 Å². The SMILES string of the molecule is CC(C)c1c(Cl)[nH]c(=O)n(C2CCN3CCCC23)c1=O. The zero-order valence-electron chi connectivity index (χ0n) is 11.9. The van der Waals surface area contributed by atoms with E-state index in [1.54, 1.807) is 0 Å². The van der Waals surface area contributed by atoms with Gasteiger partial charge in [-0.1, -0.05) is 25.4 Å². The molecule has 1 N–H and O–H groups in total. The van der Waals surface area contributed by atoms with Crippen molar-refractivity contribution in [1.82, 2.24) is 14.5 Å². The highest BCUT2D eigenvalue weighted by molar-refractivity contribution is 6.30. The number of rotatable bonds is 2. The lowest BCUT2D eigenvalue weighted by atomic mass is 10.0. The van der Waals surface area contributed by atoms with Crippen molar-refractivity contribution >= 4 is 11.6 Å². The van der Waals surface area contributed by atoms with Crippen LogP contribution in [0.25, 0.3) is 0 Å². The molecule has 1 aromatic heterocycles. The number of nitrogens with zero attached hydrogens (tertiary/aromatic N) is 2. The predicted octanol–water partition coefficient (Wildman–Crippen LogP) is 1.72. The summed E-state index contributed by atoms with van der Waals surface area (Å²) in [6.07, 6.45) is 3.08. The molecule has 0 bridgehead atoms.